The van der Waals surface area contributed by atoms with Gasteiger partial charge in [0.05, 0.1) is 12.6 Å². The summed E-state index contributed by atoms with van der Waals surface area (Å²) in [6.07, 6.45) is 2.36. The molecule has 1 aromatic rings. The Labute approximate surface area is 110 Å². The molecule has 0 aliphatic carbocycles. The summed E-state index contributed by atoms with van der Waals surface area (Å²) < 4.78 is 0. The lowest BCUT2D eigenvalue weighted by Gasteiger charge is -2.16. The number of aliphatic hydroxyl groups is 1. The highest BCUT2D eigenvalue weighted by Crippen LogP contribution is 2.12. The van der Waals surface area contributed by atoms with Crippen LogP contribution in [0, 0.1) is 0 Å². The summed E-state index contributed by atoms with van der Waals surface area (Å²) in [5, 5.41) is 13.0. The van der Waals surface area contributed by atoms with E-state index < -0.39 is 0 Å². The SMILES string of the molecule is O=C(CCCCBr)NC(CO)c1ccccc1. The summed E-state index contributed by atoms with van der Waals surface area (Å²) in [7, 11) is 0. The second kappa shape index (κ2) is 8.25. The molecule has 1 rings (SSSR count). The van der Waals surface area contributed by atoms with Crippen LogP contribution in [0.2, 0.25) is 0 Å². The first-order valence-electron chi connectivity index (χ1n) is 5.79. The van der Waals surface area contributed by atoms with Crippen LogP contribution in [-0.4, -0.2) is 23.0 Å². The van der Waals surface area contributed by atoms with Gasteiger partial charge in [-0.25, -0.2) is 0 Å². The number of hydrogen-bond acceptors (Lipinski definition) is 2. The highest BCUT2D eigenvalue weighted by molar-refractivity contribution is 9.09. The van der Waals surface area contributed by atoms with Crippen molar-refractivity contribution < 1.29 is 9.90 Å². The van der Waals surface area contributed by atoms with Crippen molar-refractivity contribution in [2.24, 2.45) is 0 Å². The normalized spacial score (nSPS) is 12.1. The van der Waals surface area contributed by atoms with E-state index in [4.69, 9.17) is 0 Å². The standard InChI is InChI=1S/C13H18BrNO2/c14-9-5-4-8-13(17)15-12(10-16)11-6-2-1-3-7-11/h1-3,6-7,12,16H,4-5,8-10H2,(H,15,17). The first kappa shape index (κ1) is 14.2. The van der Waals surface area contributed by atoms with Gasteiger partial charge in [-0.05, 0) is 18.4 Å². The molecule has 94 valence electrons. The zero-order chi connectivity index (χ0) is 12.5. The third kappa shape index (κ3) is 5.33. The number of rotatable bonds is 7. The average molecular weight is 300 g/mol. The van der Waals surface area contributed by atoms with Gasteiger partial charge in [-0.2, -0.15) is 0 Å². The molecule has 1 atom stereocenters. The van der Waals surface area contributed by atoms with Gasteiger partial charge in [-0.3, -0.25) is 4.79 Å². The molecular formula is C13H18BrNO2. The molecule has 2 N–H and O–H groups in total. The van der Waals surface area contributed by atoms with Crippen molar-refractivity contribution >= 4 is 21.8 Å². The number of carbonyl (C=O) groups is 1. The zero-order valence-corrected chi connectivity index (χ0v) is 11.3. The van der Waals surface area contributed by atoms with Gasteiger partial charge in [0, 0.05) is 11.8 Å². The molecule has 4 heteroatoms. The van der Waals surface area contributed by atoms with E-state index in [-0.39, 0.29) is 18.6 Å². The topological polar surface area (TPSA) is 49.3 Å². The fraction of sp³-hybridized carbons (Fsp3) is 0.462. The number of unbranched alkanes of at least 4 members (excludes halogenated alkanes) is 1. The van der Waals surface area contributed by atoms with E-state index in [2.05, 4.69) is 21.2 Å². The molecule has 0 aromatic heterocycles. The molecule has 3 nitrogen and oxygen atoms in total. The predicted octanol–water partition coefficient (Wildman–Crippen LogP) is 2.40. The average Bonchev–Trinajstić information content (AvgIpc) is 2.37. The largest absolute Gasteiger partial charge is 0.394 e. The maximum Gasteiger partial charge on any atom is 0.220 e. The zero-order valence-electron chi connectivity index (χ0n) is 9.73. The van der Waals surface area contributed by atoms with Gasteiger partial charge >= 0.3 is 0 Å². The molecule has 17 heavy (non-hydrogen) atoms. The molecule has 1 unspecified atom stereocenters. The van der Waals surface area contributed by atoms with Crippen molar-refractivity contribution in [3.63, 3.8) is 0 Å². The summed E-state index contributed by atoms with van der Waals surface area (Å²) in [6.45, 7) is -0.0752. The molecule has 0 saturated carbocycles. The van der Waals surface area contributed by atoms with E-state index in [9.17, 15) is 9.90 Å². The minimum atomic E-state index is -0.298. The van der Waals surface area contributed by atoms with Gasteiger partial charge < -0.3 is 10.4 Å². The van der Waals surface area contributed by atoms with Gasteiger partial charge in [-0.1, -0.05) is 46.3 Å². The Morgan fingerprint density at radius 3 is 2.59 bits per heavy atom. The summed E-state index contributed by atoms with van der Waals surface area (Å²) in [5.41, 5.74) is 0.934. The highest BCUT2D eigenvalue weighted by Gasteiger charge is 2.12. The monoisotopic (exact) mass is 299 g/mol. The Hall–Kier alpha value is -0.870. The van der Waals surface area contributed by atoms with Crippen LogP contribution in [0.1, 0.15) is 30.9 Å². The number of nitrogens with one attached hydrogen (secondary N) is 1. The minimum Gasteiger partial charge on any atom is -0.394 e. The lowest BCUT2D eigenvalue weighted by atomic mass is 10.1. The Morgan fingerprint density at radius 1 is 1.29 bits per heavy atom. The van der Waals surface area contributed by atoms with Gasteiger partial charge in [0.1, 0.15) is 0 Å². The van der Waals surface area contributed by atoms with E-state index in [0.29, 0.717) is 6.42 Å². The van der Waals surface area contributed by atoms with Crippen molar-refractivity contribution in [3.05, 3.63) is 35.9 Å². The predicted molar refractivity (Wildman–Crippen MR) is 72.1 cm³/mol. The van der Waals surface area contributed by atoms with Crippen LogP contribution < -0.4 is 5.32 Å². The van der Waals surface area contributed by atoms with Crippen LogP contribution in [0.15, 0.2) is 30.3 Å². The molecule has 0 fully saturated rings. The number of halogens is 1. The second-order valence-corrected chi connectivity index (χ2v) is 4.65. The fourth-order valence-electron chi connectivity index (χ4n) is 1.57. The first-order chi connectivity index (χ1) is 8.27. The third-order valence-electron chi connectivity index (χ3n) is 2.51. The summed E-state index contributed by atoms with van der Waals surface area (Å²) in [4.78, 5) is 11.6. The van der Waals surface area contributed by atoms with E-state index in [0.717, 1.165) is 23.7 Å². The molecule has 0 aliphatic rings. The maximum atomic E-state index is 11.6. The quantitative estimate of drug-likeness (QED) is 0.600. The fourth-order valence-corrected chi connectivity index (χ4v) is 1.96. The number of alkyl halides is 1. The van der Waals surface area contributed by atoms with Crippen LogP contribution in [0.5, 0.6) is 0 Å². The Morgan fingerprint density at radius 2 is 2.00 bits per heavy atom. The van der Waals surface area contributed by atoms with Crippen molar-refractivity contribution in [1.29, 1.82) is 0 Å². The highest BCUT2D eigenvalue weighted by atomic mass is 79.9. The molecule has 1 aromatic carbocycles. The minimum absolute atomic E-state index is 0.00569. The smallest absolute Gasteiger partial charge is 0.220 e. The van der Waals surface area contributed by atoms with E-state index in [1.807, 2.05) is 30.3 Å². The maximum absolute atomic E-state index is 11.6. The number of hydrogen-bond donors (Lipinski definition) is 2. The molecule has 0 heterocycles. The van der Waals surface area contributed by atoms with E-state index in [1.54, 1.807) is 0 Å². The van der Waals surface area contributed by atoms with Crippen LogP contribution in [-0.2, 0) is 4.79 Å². The van der Waals surface area contributed by atoms with E-state index >= 15 is 0 Å². The van der Waals surface area contributed by atoms with E-state index in [1.165, 1.54) is 0 Å². The van der Waals surface area contributed by atoms with Crippen molar-refractivity contribution in [3.8, 4) is 0 Å². The van der Waals surface area contributed by atoms with Crippen LogP contribution in [0.4, 0.5) is 0 Å². The van der Waals surface area contributed by atoms with Crippen molar-refractivity contribution in [2.75, 3.05) is 11.9 Å². The Kier molecular flexibility index (Phi) is 6.89. The number of aliphatic hydroxyl groups excluding tert-OH is 1. The lowest BCUT2D eigenvalue weighted by molar-refractivity contribution is -0.122. The van der Waals surface area contributed by atoms with Crippen molar-refractivity contribution in [2.45, 2.75) is 25.3 Å². The Balaban J connectivity index is 2.44. The number of benzene rings is 1. The second-order valence-electron chi connectivity index (χ2n) is 3.86. The summed E-state index contributed by atoms with van der Waals surface area (Å²) in [5.74, 6) is -0.00569. The lowest BCUT2D eigenvalue weighted by Crippen LogP contribution is -2.30. The van der Waals surface area contributed by atoms with Crippen LogP contribution in [0.3, 0.4) is 0 Å². The Bertz CT molecular complexity index is 329. The van der Waals surface area contributed by atoms with Gasteiger partial charge in [0.15, 0.2) is 0 Å². The first-order valence-corrected chi connectivity index (χ1v) is 6.91. The van der Waals surface area contributed by atoms with Crippen molar-refractivity contribution in [1.82, 2.24) is 5.32 Å². The van der Waals surface area contributed by atoms with Gasteiger partial charge in [0.2, 0.25) is 5.91 Å². The number of carbonyl (C=O) groups excluding carboxylic acids is 1. The van der Waals surface area contributed by atoms with Crippen LogP contribution >= 0.6 is 15.9 Å². The number of amides is 1. The summed E-state index contributed by atoms with van der Waals surface area (Å²) >= 11 is 3.33. The molecule has 0 saturated heterocycles. The molecule has 1 amide bonds. The molecule has 0 bridgehead atoms. The molecule has 0 spiro atoms. The van der Waals surface area contributed by atoms with Gasteiger partial charge in [-0.15, -0.1) is 0 Å². The summed E-state index contributed by atoms with van der Waals surface area (Å²) in [6, 6.07) is 9.21. The molecular weight excluding hydrogens is 282 g/mol. The molecule has 0 aliphatic heterocycles. The molecule has 0 radical (unpaired) electrons. The van der Waals surface area contributed by atoms with Crippen LogP contribution in [0.25, 0.3) is 0 Å². The third-order valence-corrected chi connectivity index (χ3v) is 3.07. The van der Waals surface area contributed by atoms with Gasteiger partial charge in [0.25, 0.3) is 0 Å².